The molecule has 0 heterocycles. The molecule has 0 aliphatic carbocycles. The van der Waals surface area contributed by atoms with E-state index in [1.165, 1.54) is 0 Å². The summed E-state index contributed by atoms with van der Waals surface area (Å²) in [5, 5.41) is 16.5. The Kier molecular flexibility index (Phi) is 3.11. The number of hydrogen-bond donors (Lipinski definition) is 2. The van der Waals surface area contributed by atoms with E-state index >= 15 is 0 Å². The van der Waals surface area contributed by atoms with Crippen molar-refractivity contribution in [2.45, 2.75) is 13.1 Å². The molecular weight excluding hydrogens is 149 g/mol. The molecule has 0 bridgehead atoms. The van der Waals surface area contributed by atoms with Gasteiger partial charge in [0.15, 0.2) is 0 Å². The van der Waals surface area contributed by atoms with Crippen LogP contribution in [-0.2, 0) is 0 Å². The lowest BCUT2D eigenvalue weighted by molar-refractivity contribution is -0.189. The van der Waals surface area contributed by atoms with Crippen molar-refractivity contribution < 1.29 is 23.4 Å². The first-order chi connectivity index (χ1) is 4.39. The Hall–Kier alpha value is -0.290. The molecule has 10 heavy (non-hydrogen) atoms. The van der Waals surface area contributed by atoms with Crippen LogP contribution in [0.15, 0.2) is 0 Å². The summed E-state index contributed by atoms with van der Waals surface area (Å²) < 4.78 is 34.9. The van der Waals surface area contributed by atoms with Gasteiger partial charge in [0.1, 0.15) is 12.0 Å². The van der Waals surface area contributed by atoms with Crippen LogP contribution in [0.2, 0.25) is 0 Å². The van der Waals surface area contributed by atoms with Crippen molar-refractivity contribution in [2.75, 3.05) is 6.61 Å². The molecule has 2 N–H and O–H groups in total. The summed E-state index contributed by atoms with van der Waals surface area (Å²) in [6, 6.07) is 0. The maximum Gasteiger partial charge on any atom is 0.396 e. The molecule has 1 atom stereocenters. The van der Waals surface area contributed by atoms with Crippen molar-refractivity contribution in [1.29, 1.82) is 0 Å². The zero-order chi connectivity index (χ0) is 8.36. The topological polar surface area (TPSA) is 40.5 Å². The highest BCUT2D eigenvalue weighted by Gasteiger charge is 2.42. The molecule has 0 aromatic carbocycles. The van der Waals surface area contributed by atoms with Gasteiger partial charge in [-0.15, -0.1) is 0 Å². The second kappa shape index (κ2) is 3.21. The van der Waals surface area contributed by atoms with Gasteiger partial charge in [0, 0.05) is 0 Å². The zero-order valence-corrected chi connectivity index (χ0v) is 5.31. The molecule has 0 saturated carbocycles. The Morgan fingerprint density at radius 3 is 1.90 bits per heavy atom. The SMILES string of the molecule is C[C](O)C(CO)C(F)(F)F. The van der Waals surface area contributed by atoms with Gasteiger partial charge in [0.25, 0.3) is 0 Å². The first kappa shape index (κ1) is 9.71. The van der Waals surface area contributed by atoms with Gasteiger partial charge in [0.05, 0.1) is 6.61 Å². The molecule has 0 aromatic rings. The van der Waals surface area contributed by atoms with Gasteiger partial charge >= 0.3 is 6.18 Å². The Morgan fingerprint density at radius 1 is 1.50 bits per heavy atom. The van der Waals surface area contributed by atoms with Crippen molar-refractivity contribution in [3.63, 3.8) is 0 Å². The van der Waals surface area contributed by atoms with Crippen LogP contribution in [-0.4, -0.2) is 23.0 Å². The fourth-order valence-corrected chi connectivity index (χ4v) is 0.472. The van der Waals surface area contributed by atoms with Crippen LogP contribution in [0.4, 0.5) is 13.2 Å². The first-order valence-corrected chi connectivity index (χ1v) is 2.59. The van der Waals surface area contributed by atoms with E-state index < -0.39 is 24.8 Å². The van der Waals surface area contributed by atoms with E-state index in [-0.39, 0.29) is 0 Å². The maximum atomic E-state index is 11.6. The summed E-state index contributed by atoms with van der Waals surface area (Å²) in [5.41, 5.74) is 0. The van der Waals surface area contributed by atoms with Crippen LogP contribution in [0, 0.1) is 12.0 Å². The van der Waals surface area contributed by atoms with Gasteiger partial charge in [-0.2, -0.15) is 13.2 Å². The van der Waals surface area contributed by atoms with Crippen LogP contribution >= 0.6 is 0 Å². The molecule has 0 amide bonds. The molecule has 0 aromatic heterocycles. The summed E-state index contributed by atoms with van der Waals surface area (Å²) in [7, 11) is 0. The highest BCUT2D eigenvalue weighted by molar-refractivity contribution is 4.84. The van der Waals surface area contributed by atoms with Crippen molar-refractivity contribution in [1.82, 2.24) is 0 Å². The quantitative estimate of drug-likeness (QED) is 0.629. The molecule has 61 valence electrons. The van der Waals surface area contributed by atoms with Crippen molar-refractivity contribution in [2.24, 2.45) is 5.92 Å². The van der Waals surface area contributed by atoms with Gasteiger partial charge in [-0.05, 0) is 6.92 Å². The molecule has 0 aliphatic heterocycles. The largest absolute Gasteiger partial charge is 0.396 e. The third-order valence-electron chi connectivity index (χ3n) is 1.08. The minimum Gasteiger partial charge on any atom is -0.396 e. The molecule has 0 aliphatic rings. The normalized spacial score (nSPS) is 15.9. The van der Waals surface area contributed by atoms with Crippen LogP contribution in [0.25, 0.3) is 0 Å². The van der Waals surface area contributed by atoms with Crippen molar-refractivity contribution in [3.05, 3.63) is 6.10 Å². The van der Waals surface area contributed by atoms with E-state index in [2.05, 4.69) is 0 Å². The van der Waals surface area contributed by atoms with E-state index in [4.69, 9.17) is 10.2 Å². The maximum absolute atomic E-state index is 11.6. The smallest absolute Gasteiger partial charge is 0.396 e. The molecule has 0 spiro atoms. The Balaban J connectivity index is 4.07. The van der Waals surface area contributed by atoms with Crippen molar-refractivity contribution in [3.8, 4) is 0 Å². The number of alkyl halides is 3. The number of halogens is 3. The van der Waals surface area contributed by atoms with E-state index in [1.807, 2.05) is 0 Å². The molecular formula is C5H8F3O2. The molecule has 2 nitrogen and oxygen atoms in total. The number of aliphatic hydroxyl groups excluding tert-OH is 2. The van der Waals surface area contributed by atoms with Gasteiger partial charge in [-0.3, -0.25) is 0 Å². The Morgan fingerprint density at radius 2 is 1.90 bits per heavy atom. The van der Waals surface area contributed by atoms with Crippen LogP contribution in [0.1, 0.15) is 6.92 Å². The molecule has 1 radical (unpaired) electrons. The number of hydrogen-bond acceptors (Lipinski definition) is 2. The first-order valence-electron chi connectivity index (χ1n) is 2.59. The second-order valence-corrected chi connectivity index (χ2v) is 1.92. The van der Waals surface area contributed by atoms with Crippen LogP contribution in [0.3, 0.4) is 0 Å². The minimum absolute atomic E-state index is 0.810. The fraction of sp³-hybridized carbons (Fsp3) is 0.800. The standard InChI is InChI=1S/C5H8F3O2/c1-3(10)4(2-9)5(6,7)8/h4,9-10H,2H2,1H3. The predicted molar refractivity (Wildman–Crippen MR) is 27.5 cm³/mol. The van der Waals surface area contributed by atoms with Gasteiger partial charge < -0.3 is 10.2 Å². The fourth-order valence-electron chi connectivity index (χ4n) is 0.472. The van der Waals surface area contributed by atoms with Crippen LogP contribution < -0.4 is 0 Å². The van der Waals surface area contributed by atoms with Gasteiger partial charge in [-0.25, -0.2) is 0 Å². The van der Waals surface area contributed by atoms with Gasteiger partial charge in [0.2, 0.25) is 0 Å². The lowest BCUT2D eigenvalue weighted by Gasteiger charge is -2.18. The minimum atomic E-state index is -4.55. The van der Waals surface area contributed by atoms with E-state index in [1.54, 1.807) is 0 Å². The molecule has 0 saturated heterocycles. The summed E-state index contributed by atoms with van der Waals surface area (Å²) >= 11 is 0. The highest BCUT2D eigenvalue weighted by Crippen LogP contribution is 2.31. The average Bonchev–Trinajstić information content (AvgIpc) is 1.60. The lowest BCUT2D eigenvalue weighted by Crippen LogP contribution is -2.30. The lowest BCUT2D eigenvalue weighted by atomic mass is 10.1. The second-order valence-electron chi connectivity index (χ2n) is 1.92. The molecule has 1 unspecified atom stereocenters. The molecule has 0 rings (SSSR count). The summed E-state index contributed by atoms with van der Waals surface area (Å²) in [5.74, 6) is -2.10. The molecule has 0 fully saturated rings. The van der Waals surface area contributed by atoms with E-state index in [9.17, 15) is 13.2 Å². The monoisotopic (exact) mass is 157 g/mol. The van der Waals surface area contributed by atoms with E-state index in [0.717, 1.165) is 6.92 Å². The number of aliphatic hydroxyl groups is 2. The summed E-state index contributed by atoms with van der Waals surface area (Å²) in [6.45, 7) is -0.194. The van der Waals surface area contributed by atoms with Crippen LogP contribution in [0.5, 0.6) is 0 Å². The molecule has 5 heteroatoms. The highest BCUT2D eigenvalue weighted by atomic mass is 19.4. The van der Waals surface area contributed by atoms with E-state index in [0.29, 0.717) is 0 Å². The third-order valence-corrected chi connectivity index (χ3v) is 1.08. The predicted octanol–water partition coefficient (Wildman–Crippen LogP) is 1.08. The third kappa shape index (κ3) is 2.53. The zero-order valence-electron chi connectivity index (χ0n) is 5.31. The number of rotatable bonds is 2. The summed E-state index contributed by atoms with van der Waals surface area (Å²) in [6.07, 6.45) is -5.36. The Labute approximate surface area is 56.3 Å². The van der Waals surface area contributed by atoms with Crippen molar-refractivity contribution >= 4 is 0 Å². The Bertz CT molecular complexity index is 99.6. The average molecular weight is 157 g/mol. The summed E-state index contributed by atoms with van der Waals surface area (Å²) in [4.78, 5) is 0. The van der Waals surface area contributed by atoms with Gasteiger partial charge in [-0.1, -0.05) is 0 Å².